The normalized spacial score (nSPS) is 23.4. The lowest BCUT2D eigenvalue weighted by Gasteiger charge is -2.34. The summed E-state index contributed by atoms with van der Waals surface area (Å²) in [6, 6.07) is 6.56. The lowest BCUT2D eigenvalue weighted by atomic mass is 10.1. The van der Waals surface area contributed by atoms with E-state index in [1.54, 1.807) is 23.5 Å². The van der Waals surface area contributed by atoms with E-state index >= 15 is 0 Å². The van der Waals surface area contributed by atoms with Crippen LogP contribution in [0.2, 0.25) is 0 Å². The zero-order chi connectivity index (χ0) is 16.7. The Morgan fingerprint density at radius 3 is 2.54 bits per heavy atom. The molecule has 4 nitrogen and oxygen atoms in total. The number of thiazole rings is 1. The largest absolute Gasteiger partial charge is 0.345 e. The third kappa shape index (κ3) is 3.02. The van der Waals surface area contributed by atoms with Crippen molar-refractivity contribution in [2.75, 3.05) is 31.1 Å². The summed E-state index contributed by atoms with van der Waals surface area (Å²) in [5.74, 6) is 0.358. The highest BCUT2D eigenvalue weighted by atomic mass is 32.1. The number of carbonyl (C=O) groups excluding carboxylic acids is 1. The van der Waals surface area contributed by atoms with Crippen molar-refractivity contribution in [3.8, 4) is 0 Å². The molecule has 1 saturated carbocycles. The maximum atomic E-state index is 13.0. The van der Waals surface area contributed by atoms with Crippen LogP contribution in [0.15, 0.2) is 29.6 Å². The van der Waals surface area contributed by atoms with Crippen LogP contribution in [0.5, 0.6) is 0 Å². The summed E-state index contributed by atoms with van der Waals surface area (Å²) in [5, 5.41) is 3.11. The fourth-order valence-corrected chi connectivity index (χ4v) is 4.24. The van der Waals surface area contributed by atoms with Crippen molar-refractivity contribution in [1.82, 2.24) is 9.88 Å². The highest BCUT2D eigenvalue weighted by Crippen LogP contribution is 2.48. The van der Waals surface area contributed by atoms with E-state index in [9.17, 15) is 9.18 Å². The van der Waals surface area contributed by atoms with Gasteiger partial charge in [-0.05, 0) is 37.0 Å². The Morgan fingerprint density at radius 1 is 1.21 bits per heavy atom. The van der Waals surface area contributed by atoms with Crippen molar-refractivity contribution in [3.63, 3.8) is 0 Å². The number of carbonyl (C=O) groups is 1. The molecule has 1 aromatic carbocycles. The first-order valence-corrected chi connectivity index (χ1v) is 9.21. The molecule has 0 N–H and O–H groups in total. The smallest absolute Gasteiger partial charge is 0.226 e. The van der Waals surface area contributed by atoms with Crippen LogP contribution < -0.4 is 4.90 Å². The molecule has 0 unspecified atom stereocenters. The second kappa shape index (κ2) is 6.16. The number of hydrogen-bond donors (Lipinski definition) is 0. The number of halogens is 1. The number of anilines is 1. The van der Waals surface area contributed by atoms with Crippen LogP contribution in [0.1, 0.15) is 23.6 Å². The summed E-state index contributed by atoms with van der Waals surface area (Å²) < 4.78 is 13.0. The van der Waals surface area contributed by atoms with Crippen molar-refractivity contribution in [3.05, 3.63) is 46.7 Å². The lowest BCUT2D eigenvalue weighted by molar-refractivity contribution is -0.132. The van der Waals surface area contributed by atoms with E-state index in [1.807, 2.05) is 11.8 Å². The Kier molecular flexibility index (Phi) is 4.00. The number of rotatable bonds is 3. The summed E-state index contributed by atoms with van der Waals surface area (Å²) in [4.78, 5) is 21.4. The van der Waals surface area contributed by atoms with Gasteiger partial charge in [-0.3, -0.25) is 4.79 Å². The van der Waals surface area contributed by atoms with Crippen molar-refractivity contribution in [2.24, 2.45) is 5.92 Å². The van der Waals surface area contributed by atoms with Gasteiger partial charge in [-0.15, -0.1) is 11.3 Å². The van der Waals surface area contributed by atoms with Gasteiger partial charge in [-0.2, -0.15) is 0 Å². The lowest BCUT2D eigenvalue weighted by Crippen LogP contribution is -2.49. The van der Waals surface area contributed by atoms with Gasteiger partial charge < -0.3 is 9.80 Å². The standard InChI is InChI=1S/C18H20FN3OS/c1-12-11-24-18(20-12)22-8-6-21(7-9-22)17(23)16-10-15(16)13-2-4-14(19)5-3-13/h2-5,11,15-16H,6-10H2,1H3/t15-,16+/m0/s1. The monoisotopic (exact) mass is 345 g/mol. The minimum absolute atomic E-state index is 0.0733. The second-order valence-corrected chi connectivity index (χ2v) is 7.42. The molecule has 1 aliphatic heterocycles. The van der Waals surface area contributed by atoms with E-state index in [0.29, 0.717) is 0 Å². The summed E-state index contributed by atoms with van der Waals surface area (Å²) >= 11 is 1.66. The molecule has 1 aromatic heterocycles. The van der Waals surface area contributed by atoms with Crippen LogP contribution in [0.4, 0.5) is 9.52 Å². The summed E-state index contributed by atoms with van der Waals surface area (Å²) in [5.41, 5.74) is 2.13. The summed E-state index contributed by atoms with van der Waals surface area (Å²) in [7, 11) is 0. The predicted molar refractivity (Wildman–Crippen MR) is 92.9 cm³/mol. The number of piperazine rings is 1. The Bertz CT molecular complexity index is 737. The molecule has 2 aliphatic rings. The molecule has 6 heteroatoms. The zero-order valence-electron chi connectivity index (χ0n) is 13.6. The van der Waals surface area contributed by atoms with Crippen LogP contribution in [-0.2, 0) is 4.79 Å². The minimum atomic E-state index is -0.226. The fourth-order valence-electron chi connectivity index (χ4n) is 3.39. The Hall–Kier alpha value is -1.95. The van der Waals surface area contributed by atoms with E-state index in [2.05, 4.69) is 15.3 Å². The molecule has 0 radical (unpaired) electrons. The topological polar surface area (TPSA) is 36.4 Å². The first-order valence-electron chi connectivity index (χ1n) is 8.33. The maximum absolute atomic E-state index is 13.0. The highest BCUT2D eigenvalue weighted by molar-refractivity contribution is 7.13. The van der Waals surface area contributed by atoms with Crippen LogP contribution in [0.25, 0.3) is 0 Å². The van der Waals surface area contributed by atoms with E-state index in [1.165, 1.54) is 12.1 Å². The van der Waals surface area contributed by atoms with Crippen LogP contribution in [0.3, 0.4) is 0 Å². The predicted octanol–water partition coefficient (Wildman–Crippen LogP) is 3.04. The minimum Gasteiger partial charge on any atom is -0.345 e. The molecule has 2 heterocycles. The van der Waals surface area contributed by atoms with Gasteiger partial charge in [0.05, 0.1) is 5.69 Å². The Balaban J connectivity index is 1.33. The van der Waals surface area contributed by atoms with Crippen molar-refractivity contribution in [2.45, 2.75) is 19.3 Å². The number of aryl methyl sites for hydroxylation is 1. The van der Waals surface area contributed by atoms with E-state index in [-0.39, 0.29) is 23.6 Å². The van der Waals surface area contributed by atoms with E-state index in [4.69, 9.17) is 0 Å². The first-order chi connectivity index (χ1) is 11.6. The highest BCUT2D eigenvalue weighted by Gasteiger charge is 2.46. The Labute approximate surface area is 144 Å². The van der Waals surface area contributed by atoms with Gasteiger partial charge in [0.2, 0.25) is 5.91 Å². The van der Waals surface area contributed by atoms with Gasteiger partial charge in [0.1, 0.15) is 5.82 Å². The fraction of sp³-hybridized carbons (Fsp3) is 0.444. The van der Waals surface area contributed by atoms with Crippen molar-refractivity contribution < 1.29 is 9.18 Å². The summed E-state index contributed by atoms with van der Waals surface area (Å²) in [6.07, 6.45) is 0.885. The van der Waals surface area contributed by atoms with Gasteiger partial charge in [0.15, 0.2) is 5.13 Å². The molecule has 0 spiro atoms. The van der Waals surface area contributed by atoms with E-state index < -0.39 is 0 Å². The zero-order valence-corrected chi connectivity index (χ0v) is 14.4. The molecular weight excluding hydrogens is 325 g/mol. The Morgan fingerprint density at radius 2 is 1.92 bits per heavy atom. The van der Waals surface area contributed by atoms with Crippen LogP contribution >= 0.6 is 11.3 Å². The van der Waals surface area contributed by atoms with Gasteiger partial charge in [0, 0.05) is 37.5 Å². The number of amides is 1. The molecule has 2 aromatic rings. The van der Waals surface area contributed by atoms with Gasteiger partial charge >= 0.3 is 0 Å². The molecule has 1 amide bonds. The average molecular weight is 345 g/mol. The van der Waals surface area contributed by atoms with Gasteiger partial charge in [-0.1, -0.05) is 12.1 Å². The van der Waals surface area contributed by atoms with E-state index in [0.717, 1.165) is 49.0 Å². The molecule has 24 heavy (non-hydrogen) atoms. The molecule has 2 atom stereocenters. The molecule has 1 aliphatic carbocycles. The third-order valence-corrected chi connectivity index (χ3v) is 5.89. The molecular formula is C18H20FN3OS. The van der Waals surface area contributed by atoms with Gasteiger partial charge in [-0.25, -0.2) is 9.37 Å². The molecule has 126 valence electrons. The van der Waals surface area contributed by atoms with Crippen molar-refractivity contribution >= 4 is 22.4 Å². The first kappa shape index (κ1) is 15.6. The summed E-state index contributed by atoms with van der Waals surface area (Å²) in [6.45, 7) is 5.19. The molecule has 4 rings (SSSR count). The maximum Gasteiger partial charge on any atom is 0.226 e. The number of nitrogens with zero attached hydrogens (tertiary/aromatic N) is 3. The molecule has 0 bridgehead atoms. The SMILES string of the molecule is Cc1csc(N2CCN(C(=O)[C@@H]3C[C@H]3c3ccc(F)cc3)CC2)n1. The quantitative estimate of drug-likeness (QED) is 0.858. The number of hydrogen-bond acceptors (Lipinski definition) is 4. The second-order valence-electron chi connectivity index (χ2n) is 6.58. The number of aromatic nitrogens is 1. The van der Waals surface area contributed by atoms with Crippen LogP contribution in [0, 0.1) is 18.7 Å². The molecule has 2 fully saturated rings. The molecule has 1 saturated heterocycles. The van der Waals surface area contributed by atoms with Crippen molar-refractivity contribution in [1.29, 1.82) is 0 Å². The average Bonchev–Trinajstić information content (AvgIpc) is 3.28. The number of benzene rings is 1. The van der Waals surface area contributed by atoms with Crippen LogP contribution in [-0.4, -0.2) is 42.0 Å². The van der Waals surface area contributed by atoms with Gasteiger partial charge in [0.25, 0.3) is 0 Å². The third-order valence-electron chi connectivity index (χ3n) is 4.87.